The fourth-order valence-corrected chi connectivity index (χ4v) is 1.23. The van der Waals surface area contributed by atoms with Gasteiger partial charge in [0.25, 0.3) is 6.43 Å². The molecule has 0 aliphatic heterocycles. The van der Waals surface area contributed by atoms with E-state index in [9.17, 15) is 18.0 Å². The SMILES string of the molecule is O=Cc1ncc(Br)c(C(F)F)c1F. The number of pyridine rings is 1. The van der Waals surface area contributed by atoms with Gasteiger partial charge < -0.3 is 0 Å². The number of halogens is 4. The monoisotopic (exact) mass is 253 g/mol. The van der Waals surface area contributed by atoms with Crippen LogP contribution in [0.25, 0.3) is 0 Å². The molecule has 13 heavy (non-hydrogen) atoms. The van der Waals surface area contributed by atoms with Crippen LogP contribution in [0.5, 0.6) is 0 Å². The second-order valence-electron chi connectivity index (χ2n) is 2.14. The van der Waals surface area contributed by atoms with Crippen molar-refractivity contribution in [3.63, 3.8) is 0 Å². The lowest BCUT2D eigenvalue weighted by Gasteiger charge is -2.04. The first-order chi connectivity index (χ1) is 6.07. The van der Waals surface area contributed by atoms with Gasteiger partial charge in [-0.25, -0.2) is 18.2 Å². The summed E-state index contributed by atoms with van der Waals surface area (Å²) in [7, 11) is 0. The summed E-state index contributed by atoms with van der Waals surface area (Å²) in [5, 5.41) is 0. The highest BCUT2D eigenvalue weighted by Crippen LogP contribution is 2.29. The first-order valence-electron chi connectivity index (χ1n) is 3.15. The molecule has 0 saturated carbocycles. The Morgan fingerprint density at radius 3 is 2.62 bits per heavy atom. The molecule has 0 fully saturated rings. The highest BCUT2D eigenvalue weighted by atomic mass is 79.9. The topological polar surface area (TPSA) is 30.0 Å². The maximum absolute atomic E-state index is 13.0. The van der Waals surface area contributed by atoms with Gasteiger partial charge in [-0.05, 0) is 15.9 Å². The standard InChI is InChI=1S/C7H3BrF3NO/c8-3-1-12-4(2-13)6(9)5(3)7(10)11/h1-2,7H. The summed E-state index contributed by atoms with van der Waals surface area (Å²) >= 11 is 2.71. The Bertz CT molecular complexity index is 343. The summed E-state index contributed by atoms with van der Waals surface area (Å²) < 4.78 is 37.2. The van der Waals surface area contributed by atoms with Crippen molar-refractivity contribution in [2.24, 2.45) is 0 Å². The molecule has 0 aromatic carbocycles. The fraction of sp³-hybridized carbons (Fsp3) is 0.143. The third-order valence-corrected chi connectivity index (χ3v) is 2.00. The van der Waals surface area contributed by atoms with E-state index in [1.807, 2.05) is 0 Å². The van der Waals surface area contributed by atoms with Gasteiger partial charge in [-0.2, -0.15) is 0 Å². The van der Waals surface area contributed by atoms with Crippen molar-refractivity contribution in [2.75, 3.05) is 0 Å². The van der Waals surface area contributed by atoms with Crippen molar-refractivity contribution < 1.29 is 18.0 Å². The van der Waals surface area contributed by atoms with E-state index in [0.717, 1.165) is 6.20 Å². The molecule has 0 atom stereocenters. The summed E-state index contributed by atoms with van der Waals surface area (Å²) in [5.41, 5.74) is -1.45. The molecule has 0 saturated heterocycles. The second kappa shape index (κ2) is 3.87. The van der Waals surface area contributed by atoms with Crippen LogP contribution in [-0.2, 0) is 0 Å². The van der Waals surface area contributed by atoms with Crippen molar-refractivity contribution in [3.8, 4) is 0 Å². The van der Waals surface area contributed by atoms with Crippen LogP contribution < -0.4 is 0 Å². The maximum atomic E-state index is 13.0. The molecule has 2 nitrogen and oxygen atoms in total. The van der Waals surface area contributed by atoms with Gasteiger partial charge in [0.1, 0.15) is 5.69 Å². The smallest absolute Gasteiger partial charge is 0.267 e. The van der Waals surface area contributed by atoms with Crippen LogP contribution in [-0.4, -0.2) is 11.3 Å². The third-order valence-electron chi connectivity index (χ3n) is 1.37. The van der Waals surface area contributed by atoms with Gasteiger partial charge in [-0.3, -0.25) is 4.79 Å². The molecular formula is C7H3BrF3NO. The lowest BCUT2D eigenvalue weighted by atomic mass is 10.2. The summed E-state index contributed by atoms with van der Waals surface area (Å²) in [5.74, 6) is -1.28. The lowest BCUT2D eigenvalue weighted by Crippen LogP contribution is -2.00. The first kappa shape index (κ1) is 10.2. The Balaban J connectivity index is 3.38. The molecule has 6 heteroatoms. The number of alkyl halides is 2. The third kappa shape index (κ3) is 1.88. The first-order valence-corrected chi connectivity index (χ1v) is 3.94. The summed E-state index contributed by atoms with van der Waals surface area (Å²) in [6.07, 6.45) is -1.92. The van der Waals surface area contributed by atoms with E-state index in [1.54, 1.807) is 0 Å². The van der Waals surface area contributed by atoms with E-state index in [-0.39, 0.29) is 10.8 Å². The molecule has 0 bridgehead atoms. The number of nitrogens with zero attached hydrogens (tertiary/aromatic N) is 1. The number of hydrogen-bond acceptors (Lipinski definition) is 2. The molecule has 1 aromatic rings. The Labute approximate surface area is 79.9 Å². The zero-order chi connectivity index (χ0) is 10.0. The Morgan fingerprint density at radius 2 is 2.15 bits per heavy atom. The Morgan fingerprint density at radius 1 is 1.54 bits per heavy atom. The zero-order valence-electron chi connectivity index (χ0n) is 6.10. The van der Waals surface area contributed by atoms with Crippen LogP contribution in [0.15, 0.2) is 10.7 Å². The van der Waals surface area contributed by atoms with Gasteiger partial charge in [0.15, 0.2) is 12.1 Å². The van der Waals surface area contributed by atoms with Crippen molar-refractivity contribution in [1.82, 2.24) is 4.98 Å². The number of carbonyl (C=O) groups is 1. The molecule has 0 amide bonds. The van der Waals surface area contributed by atoms with E-state index in [0.29, 0.717) is 0 Å². The molecule has 0 spiro atoms. The van der Waals surface area contributed by atoms with Crippen molar-refractivity contribution in [3.05, 3.63) is 27.7 Å². The fourth-order valence-electron chi connectivity index (χ4n) is 0.777. The van der Waals surface area contributed by atoms with Crippen molar-refractivity contribution >= 4 is 22.2 Å². The predicted octanol–water partition coefficient (Wildman–Crippen LogP) is 2.73. The molecule has 0 unspecified atom stereocenters. The van der Waals surface area contributed by atoms with Gasteiger partial charge in [-0.15, -0.1) is 0 Å². The number of aromatic nitrogens is 1. The van der Waals surface area contributed by atoms with Crippen LogP contribution in [0.2, 0.25) is 0 Å². The van der Waals surface area contributed by atoms with Gasteiger partial charge in [0, 0.05) is 10.7 Å². The molecular weight excluding hydrogens is 251 g/mol. The van der Waals surface area contributed by atoms with E-state index in [1.165, 1.54) is 0 Å². The molecule has 0 N–H and O–H groups in total. The van der Waals surface area contributed by atoms with Crippen LogP contribution in [0.4, 0.5) is 13.2 Å². The molecule has 0 aliphatic carbocycles. The minimum atomic E-state index is -2.98. The largest absolute Gasteiger partial charge is 0.296 e. The average Bonchev–Trinajstić information content (AvgIpc) is 2.04. The van der Waals surface area contributed by atoms with Crippen LogP contribution in [0.1, 0.15) is 22.5 Å². The Kier molecular flexibility index (Phi) is 3.02. The van der Waals surface area contributed by atoms with Crippen molar-refractivity contribution in [2.45, 2.75) is 6.43 Å². The summed E-state index contributed by atoms with van der Waals surface area (Å²) in [4.78, 5) is 13.5. The van der Waals surface area contributed by atoms with E-state index >= 15 is 0 Å². The normalized spacial score (nSPS) is 10.5. The zero-order valence-corrected chi connectivity index (χ0v) is 7.69. The minimum Gasteiger partial charge on any atom is -0.296 e. The van der Waals surface area contributed by atoms with Crippen LogP contribution >= 0.6 is 15.9 Å². The summed E-state index contributed by atoms with van der Waals surface area (Å²) in [6.45, 7) is 0. The molecule has 1 heterocycles. The number of hydrogen-bond donors (Lipinski definition) is 0. The highest BCUT2D eigenvalue weighted by Gasteiger charge is 2.20. The highest BCUT2D eigenvalue weighted by molar-refractivity contribution is 9.10. The van der Waals surface area contributed by atoms with E-state index in [2.05, 4.69) is 20.9 Å². The molecule has 0 aliphatic rings. The lowest BCUT2D eigenvalue weighted by molar-refractivity contribution is 0.111. The number of rotatable bonds is 2. The molecule has 70 valence electrons. The van der Waals surface area contributed by atoms with Gasteiger partial charge in [0.2, 0.25) is 0 Å². The maximum Gasteiger partial charge on any atom is 0.267 e. The summed E-state index contributed by atoms with van der Waals surface area (Å²) in [6, 6.07) is 0. The van der Waals surface area contributed by atoms with Gasteiger partial charge >= 0.3 is 0 Å². The molecule has 0 radical (unpaired) electrons. The predicted molar refractivity (Wildman–Crippen MR) is 42.2 cm³/mol. The number of aldehydes is 1. The quantitative estimate of drug-likeness (QED) is 0.759. The molecule has 1 rings (SSSR count). The van der Waals surface area contributed by atoms with Crippen LogP contribution in [0.3, 0.4) is 0 Å². The minimum absolute atomic E-state index is 0.0909. The van der Waals surface area contributed by atoms with E-state index < -0.39 is 23.5 Å². The second-order valence-corrected chi connectivity index (χ2v) is 2.99. The average molecular weight is 254 g/mol. The number of carbonyl (C=O) groups excluding carboxylic acids is 1. The van der Waals surface area contributed by atoms with Gasteiger partial charge in [0.05, 0.1) is 5.56 Å². The van der Waals surface area contributed by atoms with Gasteiger partial charge in [-0.1, -0.05) is 0 Å². The van der Waals surface area contributed by atoms with Crippen molar-refractivity contribution in [1.29, 1.82) is 0 Å². The van der Waals surface area contributed by atoms with E-state index in [4.69, 9.17) is 0 Å². The molecule has 1 aromatic heterocycles. The Hall–Kier alpha value is -0.910. The van der Waals surface area contributed by atoms with Crippen LogP contribution in [0, 0.1) is 5.82 Å².